The Hall–Kier alpha value is -2.28. The van der Waals surface area contributed by atoms with Gasteiger partial charge in [0.15, 0.2) is 0 Å². The van der Waals surface area contributed by atoms with Gasteiger partial charge in [0.05, 0.1) is 16.7 Å². The molecule has 0 saturated carbocycles. The molecule has 2 rings (SSSR count). The van der Waals surface area contributed by atoms with Gasteiger partial charge in [0, 0.05) is 24.2 Å². The van der Waals surface area contributed by atoms with Crippen LogP contribution in [0.2, 0.25) is 0 Å². The quantitative estimate of drug-likeness (QED) is 0.676. The summed E-state index contributed by atoms with van der Waals surface area (Å²) in [6, 6.07) is 3.48. The summed E-state index contributed by atoms with van der Waals surface area (Å²) in [6.45, 7) is 5.90. The zero-order chi connectivity index (χ0) is 15.6. The number of rotatable bonds is 5. The van der Waals surface area contributed by atoms with Crippen molar-refractivity contribution >= 4 is 5.69 Å². The van der Waals surface area contributed by atoms with E-state index in [1.807, 2.05) is 20.8 Å². The van der Waals surface area contributed by atoms with Crippen molar-refractivity contribution in [3.8, 4) is 0 Å². The molecule has 0 bridgehead atoms. The number of aromatic nitrogens is 1. The van der Waals surface area contributed by atoms with Gasteiger partial charge in [-0.15, -0.1) is 0 Å². The molecule has 2 aromatic rings. The zero-order valence-corrected chi connectivity index (χ0v) is 12.0. The van der Waals surface area contributed by atoms with Crippen LogP contribution < -0.4 is 5.32 Å². The first-order chi connectivity index (χ1) is 9.88. The van der Waals surface area contributed by atoms with E-state index in [4.69, 9.17) is 4.52 Å². The van der Waals surface area contributed by atoms with Crippen molar-refractivity contribution < 1.29 is 13.8 Å². The Morgan fingerprint density at radius 3 is 2.71 bits per heavy atom. The van der Waals surface area contributed by atoms with Crippen molar-refractivity contribution in [2.24, 2.45) is 0 Å². The first kappa shape index (κ1) is 15.1. The smallest absolute Gasteiger partial charge is 0.272 e. The fraction of sp³-hybridized carbons (Fsp3) is 0.357. The van der Waals surface area contributed by atoms with Crippen molar-refractivity contribution in [2.75, 3.05) is 0 Å². The van der Waals surface area contributed by atoms with Crippen LogP contribution in [0.1, 0.15) is 35.5 Å². The highest BCUT2D eigenvalue weighted by Gasteiger charge is 2.16. The Morgan fingerprint density at radius 1 is 1.43 bits per heavy atom. The normalized spacial score (nSPS) is 12.4. The van der Waals surface area contributed by atoms with Crippen molar-refractivity contribution in [3.05, 3.63) is 56.7 Å². The molecular formula is C14H16FN3O3. The molecule has 0 radical (unpaired) electrons. The molecule has 0 aliphatic rings. The largest absolute Gasteiger partial charge is 0.361 e. The number of non-ortho nitro benzene ring substituents is 1. The van der Waals surface area contributed by atoms with Gasteiger partial charge in [-0.3, -0.25) is 10.1 Å². The minimum atomic E-state index is -0.619. The molecule has 1 aromatic heterocycles. The summed E-state index contributed by atoms with van der Waals surface area (Å²) in [5.41, 5.74) is 2.00. The van der Waals surface area contributed by atoms with E-state index in [9.17, 15) is 14.5 Å². The van der Waals surface area contributed by atoms with Crippen LogP contribution in [0.25, 0.3) is 0 Å². The third-order valence-corrected chi connectivity index (χ3v) is 3.29. The van der Waals surface area contributed by atoms with Crippen LogP contribution in [0.5, 0.6) is 0 Å². The van der Waals surface area contributed by atoms with E-state index in [0.29, 0.717) is 12.1 Å². The fourth-order valence-electron chi connectivity index (χ4n) is 2.32. The van der Waals surface area contributed by atoms with Gasteiger partial charge in [-0.1, -0.05) is 5.16 Å². The molecule has 6 nitrogen and oxygen atoms in total. The Morgan fingerprint density at radius 2 is 2.14 bits per heavy atom. The summed E-state index contributed by atoms with van der Waals surface area (Å²) in [5.74, 6) is 0.101. The van der Waals surface area contributed by atoms with Gasteiger partial charge in [0.1, 0.15) is 11.6 Å². The van der Waals surface area contributed by atoms with Crippen LogP contribution in [0.3, 0.4) is 0 Å². The molecule has 7 heteroatoms. The molecular weight excluding hydrogens is 277 g/mol. The molecule has 21 heavy (non-hydrogen) atoms. The summed E-state index contributed by atoms with van der Waals surface area (Å²) in [7, 11) is 0. The number of benzene rings is 1. The van der Waals surface area contributed by atoms with E-state index in [1.54, 1.807) is 0 Å². The summed E-state index contributed by atoms with van der Waals surface area (Å²) in [4.78, 5) is 10.1. The highest BCUT2D eigenvalue weighted by molar-refractivity contribution is 5.35. The zero-order valence-electron chi connectivity index (χ0n) is 12.0. The van der Waals surface area contributed by atoms with Crippen molar-refractivity contribution in [1.82, 2.24) is 10.5 Å². The van der Waals surface area contributed by atoms with Gasteiger partial charge >= 0.3 is 0 Å². The van der Waals surface area contributed by atoms with E-state index in [1.165, 1.54) is 12.1 Å². The molecule has 112 valence electrons. The topological polar surface area (TPSA) is 81.2 Å². The molecule has 0 aliphatic carbocycles. The maximum absolute atomic E-state index is 13.4. The van der Waals surface area contributed by atoms with E-state index in [2.05, 4.69) is 10.5 Å². The first-order valence-corrected chi connectivity index (χ1v) is 6.48. The standard InChI is InChI=1S/C14H16FN3O3/c1-8(14-9(2)17-21-10(14)3)16-7-11-4-12(15)6-13(5-11)18(19)20/h4-6,8,16H,7H2,1-3H3. The van der Waals surface area contributed by atoms with Gasteiger partial charge in [-0.25, -0.2) is 4.39 Å². The Bertz CT molecular complexity index is 650. The van der Waals surface area contributed by atoms with E-state index >= 15 is 0 Å². The third-order valence-electron chi connectivity index (χ3n) is 3.29. The molecule has 1 unspecified atom stereocenters. The van der Waals surface area contributed by atoms with Gasteiger partial charge in [-0.2, -0.15) is 0 Å². The summed E-state index contributed by atoms with van der Waals surface area (Å²) in [5, 5.41) is 17.8. The lowest BCUT2D eigenvalue weighted by molar-refractivity contribution is -0.385. The minimum Gasteiger partial charge on any atom is -0.361 e. The molecule has 1 aromatic carbocycles. The Labute approximate surface area is 121 Å². The number of aryl methyl sites for hydroxylation is 2. The molecule has 0 spiro atoms. The number of halogens is 1. The summed E-state index contributed by atoms with van der Waals surface area (Å²) < 4.78 is 18.5. The van der Waals surface area contributed by atoms with Gasteiger partial charge in [0.25, 0.3) is 5.69 Å². The highest BCUT2D eigenvalue weighted by Crippen LogP contribution is 2.22. The second-order valence-corrected chi connectivity index (χ2v) is 4.92. The number of nitro groups is 1. The second-order valence-electron chi connectivity index (χ2n) is 4.92. The van der Waals surface area contributed by atoms with Crippen molar-refractivity contribution in [1.29, 1.82) is 0 Å². The second kappa shape index (κ2) is 6.01. The van der Waals surface area contributed by atoms with Crippen molar-refractivity contribution in [3.63, 3.8) is 0 Å². The lowest BCUT2D eigenvalue weighted by Crippen LogP contribution is -2.19. The number of hydrogen-bond donors (Lipinski definition) is 1. The average molecular weight is 293 g/mol. The van der Waals surface area contributed by atoms with Gasteiger partial charge in [0.2, 0.25) is 0 Å². The van der Waals surface area contributed by atoms with Crippen LogP contribution in [-0.4, -0.2) is 10.1 Å². The summed E-state index contributed by atoms with van der Waals surface area (Å²) in [6.07, 6.45) is 0. The van der Waals surface area contributed by atoms with Crippen LogP contribution >= 0.6 is 0 Å². The maximum Gasteiger partial charge on any atom is 0.272 e. The van der Waals surface area contributed by atoms with E-state index < -0.39 is 10.7 Å². The molecule has 1 N–H and O–H groups in total. The average Bonchev–Trinajstić information content (AvgIpc) is 2.75. The molecule has 1 heterocycles. The SMILES string of the molecule is Cc1noc(C)c1C(C)NCc1cc(F)cc([N+](=O)[O-])c1. The minimum absolute atomic E-state index is 0.0569. The Kier molecular flexibility index (Phi) is 4.32. The molecule has 0 aliphatic heterocycles. The lowest BCUT2D eigenvalue weighted by Gasteiger charge is -2.13. The highest BCUT2D eigenvalue weighted by atomic mass is 19.1. The number of nitro benzene ring substituents is 1. The molecule has 0 amide bonds. The molecule has 1 atom stereocenters. The van der Waals surface area contributed by atoms with E-state index in [-0.39, 0.29) is 11.7 Å². The third kappa shape index (κ3) is 3.43. The van der Waals surface area contributed by atoms with Crippen LogP contribution in [-0.2, 0) is 6.54 Å². The summed E-state index contributed by atoms with van der Waals surface area (Å²) >= 11 is 0. The number of nitrogens with one attached hydrogen (secondary N) is 1. The van der Waals surface area contributed by atoms with E-state index in [0.717, 1.165) is 23.1 Å². The van der Waals surface area contributed by atoms with Crippen molar-refractivity contribution in [2.45, 2.75) is 33.4 Å². The number of hydrogen-bond acceptors (Lipinski definition) is 5. The fourth-order valence-corrected chi connectivity index (χ4v) is 2.32. The monoisotopic (exact) mass is 293 g/mol. The van der Waals surface area contributed by atoms with Crippen LogP contribution in [0.4, 0.5) is 10.1 Å². The molecule has 0 saturated heterocycles. The number of nitrogens with zero attached hydrogens (tertiary/aromatic N) is 2. The predicted molar refractivity (Wildman–Crippen MR) is 74.3 cm³/mol. The predicted octanol–water partition coefficient (Wildman–Crippen LogP) is 3.19. The first-order valence-electron chi connectivity index (χ1n) is 6.48. The van der Waals surface area contributed by atoms with Crippen LogP contribution in [0, 0.1) is 29.8 Å². The maximum atomic E-state index is 13.4. The van der Waals surface area contributed by atoms with Gasteiger partial charge in [-0.05, 0) is 32.4 Å². The van der Waals surface area contributed by atoms with Gasteiger partial charge < -0.3 is 9.84 Å². The Balaban J connectivity index is 2.11. The molecule has 0 fully saturated rings. The lowest BCUT2D eigenvalue weighted by atomic mass is 10.1. The van der Waals surface area contributed by atoms with Crippen LogP contribution in [0.15, 0.2) is 22.7 Å².